The SMILES string of the molecule is Cc1cc(N)cc(C(=O)NC(C)(C)C(N)=O)c1. The quantitative estimate of drug-likeness (QED) is 0.668. The Morgan fingerprint density at radius 1 is 1.24 bits per heavy atom. The Labute approximate surface area is 100 Å². The lowest BCUT2D eigenvalue weighted by Gasteiger charge is -2.22. The molecule has 1 rings (SSSR count). The molecule has 17 heavy (non-hydrogen) atoms. The largest absolute Gasteiger partial charge is 0.399 e. The lowest BCUT2D eigenvalue weighted by Crippen LogP contribution is -2.53. The summed E-state index contributed by atoms with van der Waals surface area (Å²) in [5, 5.41) is 2.56. The Balaban J connectivity index is 2.94. The number of nitrogen functional groups attached to an aromatic ring is 1. The first-order valence-corrected chi connectivity index (χ1v) is 5.22. The van der Waals surface area contributed by atoms with Crippen molar-refractivity contribution in [3.05, 3.63) is 29.3 Å². The van der Waals surface area contributed by atoms with E-state index in [0.717, 1.165) is 5.56 Å². The summed E-state index contributed by atoms with van der Waals surface area (Å²) < 4.78 is 0. The molecule has 0 saturated carbocycles. The Hall–Kier alpha value is -2.04. The van der Waals surface area contributed by atoms with Crippen LogP contribution in [-0.4, -0.2) is 17.4 Å². The van der Waals surface area contributed by atoms with E-state index in [1.165, 1.54) is 0 Å². The number of nitrogens with one attached hydrogen (secondary N) is 1. The fourth-order valence-electron chi connectivity index (χ4n) is 1.36. The minimum Gasteiger partial charge on any atom is -0.399 e. The van der Waals surface area contributed by atoms with E-state index in [4.69, 9.17) is 11.5 Å². The fraction of sp³-hybridized carbons (Fsp3) is 0.333. The van der Waals surface area contributed by atoms with Gasteiger partial charge in [0.25, 0.3) is 5.91 Å². The van der Waals surface area contributed by atoms with E-state index in [-0.39, 0.29) is 5.91 Å². The van der Waals surface area contributed by atoms with Gasteiger partial charge in [-0.25, -0.2) is 0 Å². The maximum absolute atomic E-state index is 11.9. The van der Waals surface area contributed by atoms with Crippen molar-refractivity contribution in [1.29, 1.82) is 0 Å². The second-order valence-electron chi connectivity index (χ2n) is 4.58. The normalized spacial score (nSPS) is 11.0. The van der Waals surface area contributed by atoms with Crippen molar-refractivity contribution in [3.63, 3.8) is 0 Å². The number of amides is 2. The van der Waals surface area contributed by atoms with Gasteiger partial charge in [-0.15, -0.1) is 0 Å². The van der Waals surface area contributed by atoms with Gasteiger partial charge in [0.15, 0.2) is 0 Å². The highest BCUT2D eigenvalue weighted by Crippen LogP contribution is 2.12. The van der Waals surface area contributed by atoms with Gasteiger partial charge in [0, 0.05) is 11.3 Å². The van der Waals surface area contributed by atoms with Gasteiger partial charge in [0.05, 0.1) is 0 Å². The smallest absolute Gasteiger partial charge is 0.252 e. The van der Waals surface area contributed by atoms with Crippen molar-refractivity contribution in [3.8, 4) is 0 Å². The van der Waals surface area contributed by atoms with Crippen molar-refractivity contribution < 1.29 is 9.59 Å². The van der Waals surface area contributed by atoms with Gasteiger partial charge in [0.2, 0.25) is 5.91 Å². The first-order valence-electron chi connectivity index (χ1n) is 5.22. The van der Waals surface area contributed by atoms with E-state index in [2.05, 4.69) is 5.32 Å². The molecule has 0 aliphatic rings. The summed E-state index contributed by atoms with van der Waals surface area (Å²) in [4.78, 5) is 23.0. The van der Waals surface area contributed by atoms with Crippen LogP contribution < -0.4 is 16.8 Å². The van der Waals surface area contributed by atoms with Gasteiger partial charge in [-0.3, -0.25) is 9.59 Å². The van der Waals surface area contributed by atoms with Crippen molar-refractivity contribution in [1.82, 2.24) is 5.32 Å². The van der Waals surface area contributed by atoms with Crippen LogP contribution in [0, 0.1) is 6.92 Å². The summed E-state index contributed by atoms with van der Waals surface area (Å²) in [5.41, 5.74) is 11.5. The molecule has 0 unspecified atom stereocenters. The second-order valence-corrected chi connectivity index (χ2v) is 4.58. The molecule has 1 aromatic rings. The number of nitrogens with two attached hydrogens (primary N) is 2. The van der Waals surface area contributed by atoms with Crippen LogP contribution in [0.4, 0.5) is 5.69 Å². The second kappa shape index (κ2) is 4.45. The van der Waals surface area contributed by atoms with Gasteiger partial charge >= 0.3 is 0 Å². The zero-order valence-electron chi connectivity index (χ0n) is 10.2. The molecule has 1 aromatic carbocycles. The highest BCUT2D eigenvalue weighted by Gasteiger charge is 2.27. The zero-order valence-corrected chi connectivity index (χ0v) is 10.2. The molecule has 5 heteroatoms. The third kappa shape index (κ3) is 3.21. The Morgan fingerprint density at radius 2 is 1.82 bits per heavy atom. The first-order chi connectivity index (χ1) is 7.72. The van der Waals surface area contributed by atoms with Crippen LogP contribution in [0.15, 0.2) is 18.2 Å². The van der Waals surface area contributed by atoms with Crippen molar-refractivity contribution in [2.45, 2.75) is 26.3 Å². The highest BCUT2D eigenvalue weighted by molar-refractivity contribution is 5.99. The van der Waals surface area contributed by atoms with E-state index in [1.807, 2.05) is 6.92 Å². The average Bonchev–Trinajstić information content (AvgIpc) is 2.15. The molecular formula is C12H17N3O2. The number of primary amides is 1. The molecule has 2 amide bonds. The number of anilines is 1. The molecule has 0 radical (unpaired) electrons. The summed E-state index contributed by atoms with van der Waals surface area (Å²) in [6.07, 6.45) is 0. The number of hydrogen-bond acceptors (Lipinski definition) is 3. The Bertz CT molecular complexity index is 447. The summed E-state index contributed by atoms with van der Waals surface area (Å²) in [5.74, 6) is -0.962. The molecule has 5 nitrogen and oxygen atoms in total. The third-order valence-electron chi connectivity index (χ3n) is 2.40. The van der Waals surface area contributed by atoms with Crippen LogP contribution >= 0.6 is 0 Å². The Kier molecular flexibility index (Phi) is 3.41. The summed E-state index contributed by atoms with van der Waals surface area (Å²) in [6, 6.07) is 5.01. The van der Waals surface area contributed by atoms with Gasteiger partial charge in [-0.2, -0.15) is 0 Å². The molecule has 0 heterocycles. The number of benzene rings is 1. The van der Waals surface area contributed by atoms with E-state index in [1.54, 1.807) is 32.0 Å². The van der Waals surface area contributed by atoms with Crippen LogP contribution in [0.3, 0.4) is 0 Å². The topological polar surface area (TPSA) is 98.2 Å². The number of aryl methyl sites for hydroxylation is 1. The lowest BCUT2D eigenvalue weighted by molar-refractivity contribution is -0.122. The minimum atomic E-state index is -1.09. The predicted octanol–water partition coefficient (Wildman–Crippen LogP) is 0.571. The summed E-state index contributed by atoms with van der Waals surface area (Å²) in [6.45, 7) is 4.94. The van der Waals surface area contributed by atoms with Crippen molar-refractivity contribution in [2.75, 3.05) is 5.73 Å². The fourth-order valence-corrected chi connectivity index (χ4v) is 1.36. The molecule has 5 N–H and O–H groups in total. The number of carbonyl (C=O) groups excluding carboxylic acids is 2. The Morgan fingerprint density at radius 3 is 2.29 bits per heavy atom. The minimum absolute atomic E-state index is 0.371. The van der Waals surface area contributed by atoms with E-state index >= 15 is 0 Å². The van der Waals surface area contributed by atoms with Crippen LogP contribution in [0.5, 0.6) is 0 Å². The molecule has 0 atom stereocenters. The maximum Gasteiger partial charge on any atom is 0.252 e. The van der Waals surface area contributed by atoms with Crippen LogP contribution in [-0.2, 0) is 4.79 Å². The monoisotopic (exact) mass is 235 g/mol. The third-order valence-corrected chi connectivity index (χ3v) is 2.40. The molecule has 0 aliphatic heterocycles. The lowest BCUT2D eigenvalue weighted by atomic mass is 10.0. The summed E-state index contributed by atoms with van der Waals surface area (Å²) in [7, 11) is 0. The van der Waals surface area contributed by atoms with E-state index in [0.29, 0.717) is 11.3 Å². The predicted molar refractivity (Wildman–Crippen MR) is 66.3 cm³/mol. The van der Waals surface area contributed by atoms with Crippen molar-refractivity contribution in [2.24, 2.45) is 5.73 Å². The summed E-state index contributed by atoms with van der Waals surface area (Å²) >= 11 is 0. The van der Waals surface area contributed by atoms with Gasteiger partial charge in [-0.1, -0.05) is 0 Å². The van der Waals surface area contributed by atoms with Gasteiger partial charge in [0.1, 0.15) is 5.54 Å². The van der Waals surface area contributed by atoms with Crippen LogP contribution in [0.2, 0.25) is 0 Å². The molecule has 0 aliphatic carbocycles. The molecule has 0 saturated heterocycles. The molecule has 0 aromatic heterocycles. The average molecular weight is 235 g/mol. The van der Waals surface area contributed by atoms with Crippen molar-refractivity contribution >= 4 is 17.5 Å². The number of carbonyl (C=O) groups is 2. The standard InChI is InChI=1S/C12H17N3O2/c1-7-4-8(6-9(13)5-7)10(16)15-12(2,3)11(14)17/h4-6H,13H2,1-3H3,(H2,14,17)(H,15,16). The van der Waals surface area contributed by atoms with E-state index < -0.39 is 11.4 Å². The van der Waals surface area contributed by atoms with Crippen LogP contribution in [0.1, 0.15) is 29.8 Å². The highest BCUT2D eigenvalue weighted by atomic mass is 16.2. The first kappa shape index (κ1) is 13.0. The molecule has 0 fully saturated rings. The van der Waals surface area contributed by atoms with E-state index in [9.17, 15) is 9.59 Å². The number of hydrogen-bond donors (Lipinski definition) is 3. The number of rotatable bonds is 3. The molecular weight excluding hydrogens is 218 g/mol. The maximum atomic E-state index is 11.9. The zero-order chi connectivity index (χ0) is 13.2. The van der Waals surface area contributed by atoms with Gasteiger partial charge in [-0.05, 0) is 44.5 Å². The molecule has 0 spiro atoms. The molecule has 0 bridgehead atoms. The van der Waals surface area contributed by atoms with Crippen LogP contribution in [0.25, 0.3) is 0 Å². The van der Waals surface area contributed by atoms with Gasteiger partial charge < -0.3 is 16.8 Å². The molecule has 92 valence electrons.